The van der Waals surface area contributed by atoms with Crippen LogP contribution in [0.4, 0.5) is 0 Å². The van der Waals surface area contributed by atoms with E-state index in [9.17, 15) is 13.2 Å². The van der Waals surface area contributed by atoms with Gasteiger partial charge < -0.3 is 9.64 Å². The molecule has 1 aliphatic heterocycles. The van der Waals surface area contributed by atoms with Crippen molar-refractivity contribution >= 4 is 39.2 Å². The molecule has 0 bridgehead atoms. The van der Waals surface area contributed by atoms with Gasteiger partial charge in [-0.1, -0.05) is 47.5 Å². The first kappa shape index (κ1) is 23.0. The smallest absolute Gasteiger partial charge is 0.264 e. The number of rotatable bonds is 7. The molecule has 1 saturated heterocycles. The fraction of sp³-hybridized carbons (Fsp3) is 0.381. The van der Waals surface area contributed by atoms with Gasteiger partial charge in [0.25, 0.3) is 16.0 Å². The Morgan fingerprint density at radius 2 is 1.83 bits per heavy atom. The molecule has 2 aromatic carbocycles. The summed E-state index contributed by atoms with van der Waals surface area (Å²) in [6.07, 6.45) is 2.34. The highest BCUT2D eigenvalue weighted by atomic mass is 35.5. The molecule has 1 heterocycles. The van der Waals surface area contributed by atoms with Crippen LogP contribution in [0.1, 0.15) is 28.8 Å². The lowest BCUT2D eigenvalue weighted by Crippen LogP contribution is -2.50. The summed E-state index contributed by atoms with van der Waals surface area (Å²) in [4.78, 5) is 14.8. The first-order valence-corrected chi connectivity index (χ1v) is 12.1. The Morgan fingerprint density at radius 3 is 2.50 bits per heavy atom. The van der Waals surface area contributed by atoms with E-state index in [0.29, 0.717) is 41.5 Å². The average molecular weight is 472 g/mol. The van der Waals surface area contributed by atoms with Gasteiger partial charge in [-0.15, -0.1) is 0 Å². The predicted octanol–water partition coefficient (Wildman–Crippen LogP) is 4.12. The minimum Gasteiger partial charge on any atom is -0.366 e. The molecular weight excluding hydrogens is 449 g/mol. The molecule has 0 aromatic heterocycles. The molecule has 1 unspecified atom stereocenters. The summed E-state index contributed by atoms with van der Waals surface area (Å²) in [5.74, 6) is -0.0873. The fourth-order valence-electron chi connectivity index (χ4n) is 3.60. The summed E-state index contributed by atoms with van der Waals surface area (Å²) in [6, 6.07) is 14.3. The zero-order valence-corrected chi connectivity index (χ0v) is 18.8. The summed E-state index contributed by atoms with van der Waals surface area (Å²) in [5, 5.41) is 0.806. The Balaban J connectivity index is 1.86. The summed E-state index contributed by atoms with van der Waals surface area (Å²) < 4.78 is 33.5. The van der Waals surface area contributed by atoms with E-state index in [-0.39, 0.29) is 19.1 Å². The lowest BCUT2D eigenvalue weighted by molar-refractivity contribution is -0.0954. The van der Waals surface area contributed by atoms with E-state index >= 15 is 0 Å². The third-order valence-corrected chi connectivity index (χ3v) is 6.30. The van der Waals surface area contributed by atoms with Gasteiger partial charge in [0.05, 0.1) is 36.1 Å². The molecule has 2 aromatic rings. The van der Waals surface area contributed by atoms with Crippen LogP contribution in [0.3, 0.4) is 0 Å². The second kappa shape index (κ2) is 9.66. The van der Waals surface area contributed by atoms with E-state index in [2.05, 4.69) is 0 Å². The Kier molecular flexibility index (Phi) is 7.42. The fourth-order valence-corrected chi connectivity index (χ4v) is 4.27. The van der Waals surface area contributed by atoms with Gasteiger partial charge in [-0.3, -0.25) is 8.98 Å². The SMILES string of the molecule is CS(=O)(=O)OCCOC1(c2ccc(Cl)c(Cl)c2)CCCN(C(=O)c2ccccc2)C1. The van der Waals surface area contributed by atoms with Gasteiger partial charge in [0.15, 0.2) is 0 Å². The topological polar surface area (TPSA) is 72.9 Å². The van der Waals surface area contributed by atoms with Gasteiger partial charge in [0, 0.05) is 12.1 Å². The molecule has 0 aliphatic carbocycles. The van der Waals surface area contributed by atoms with Crippen molar-refractivity contribution in [3.8, 4) is 0 Å². The van der Waals surface area contributed by atoms with Crippen molar-refractivity contribution in [2.75, 3.05) is 32.6 Å². The number of hydrogen-bond donors (Lipinski definition) is 0. The summed E-state index contributed by atoms with van der Waals surface area (Å²) in [5.41, 5.74) is 0.530. The van der Waals surface area contributed by atoms with Crippen molar-refractivity contribution in [3.63, 3.8) is 0 Å². The molecule has 1 aliphatic rings. The summed E-state index contributed by atoms with van der Waals surface area (Å²) in [7, 11) is -3.57. The maximum Gasteiger partial charge on any atom is 0.264 e. The van der Waals surface area contributed by atoms with E-state index in [4.69, 9.17) is 32.1 Å². The monoisotopic (exact) mass is 471 g/mol. The Bertz CT molecular complexity index is 1000. The molecule has 0 radical (unpaired) electrons. The zero-order chi connectivity index (χ0) is 21.8. The van der Waals surface area contributed by atoms with Gasteiger partial charge in [-0.25, -0.2) is 0 Å². The highest BCUT2D eigenvalue weighted by molar-refractivity contribution is 7.85. The number of benzene rings is 2. The van der Waals surface area contributed by atoms with E-state index in [1.165, 1.54) is 0 Å². The standard InChI is InChI=1S/C21H23Cl2NO5S/c1-30(26,27)29-13-12-28-21(17-8-9-18(22)19(23)14-17)10-5-11-24(15-21)20(25)16-6-3-2-4-7-16/h2-4,6-9,14H,5,10-13,15H2,1H3. The molecule has 0 N–H and O–H groups in total. The number of carbonyl (C=O) groups is 1. The zero-order valence-electron chi connectivity index (χ0n) is 16.5. The number of amides is 1. The first-order chi connectivity index (χ1) is 14.2. The lowest BCUT2D eigenvalue weighted by atomic mass is 9.85. The quantitative estimate of drug-likeness (QED) is 0.448. The second-order valence-corrected chi connectivity index (χ2v) is 9.65. The number of carbonyl (C=O) groups excluding carboxylic acids is 1. The van der Waals surface area contributed by atoms with Crippen molar-refractivity contribution in [1.29, 1.82) is 0 Å². The Hall–Kier alpha value is -1.64. The molecule has 1 fully saturated rings. The number of ether oxygens (including phenoxy) is 1. The lowest BCUT2D eigenvalue weighted by Gasteiger charge is -2.43. The number of halogens is 2. The van der Waals surface area contributed by atoms with Crippen molar-refractivity contribution in [2.45, 2.75) is 18.4 Å². The van der Waals surface area contributed by atoms with E-state index in [1.54, 1.807) is 29.2 Å². The van der Waals surface area contributed by atoms with Gasteiger partial charge in [-0.2, -0.15) is 8.42 Å². The van der Waals surface area contributed by atoms with Crippen LogP contribution >= 0.6 is 23.2 Å². The van der Waals surface area contributed by atoms with Gasteiger partial charge >= 0.3 is 0 Å². The molecule has 0 spiro atoms. The Morgan fingerprint density at radius 1 is 1.10 bits per heavy atom. The number of nitrogens with zero attached hydrogens (tertiary/aromatic N) is 1. The normalized spacial score (nSPS) is 19.6. The van der Waals surface area contributed by atoms with Crippen LogP contribution in [-0.4, -0.2) is 51.8 Å². The van der Waals surface area contributed by atoms with E-state index < -0.39 is 15.7 Å². The summed E-state index contributed by atoms with van der Waals surface area (Å²) >= 11 is 12.3. The van der Waals surface area contributed by atoms with Crippen LogP contribution in [0.2, 0.25) is 10.0 Å². The van der Waals surface area contributed by atoms with Crippen molar-refractivity contribution in [1.82, 2.24) is 4.90 Å². The van der Waals surface area contributed by atoms with Crippen LogP contribution in [-0.2, 0) is 24.6 Å². The molecule has 3 rings (SSSR count). The number of piperidine rings is 1. The number of likely N-dealkylation sites (tertiary alicyclic amines) is 1. The minimum absolute atomic E-state index is 0.0423. The maximum absolute atomic E-state index is 13.0. The van der Waals surface area contributed by atoms with Crippen LogP contribution in [0.5, 0.6) is 0 Å². The van der Waals surface area contributed by atoms with Gasteiger partial charge in [-0.05, 0) is 42.7 Å². The largest absolute Gasteiger partial charge is 0.366 e. The van der Waals surface area contributed by atoms with Gasteiger partial charge in [0.1, 0.15) is 5.60 Å². The van der Waals surface area contributed by atoms with Crippen molar-refractivity contribution in [3.05, 3.63) is 69.7 Å². The Labute approximate surface area is 186 Å². The van der Waals surface area contributed by atoms with E-state index in [0.717, 1.165) is 11.8 Å². The molecule has 9 heteroatoms. The highest BCUT2D eigenvalue weighted by Crippen LogP contribution is 2.38. The number of hydrogen-bond acceptors (Lipinski definition) is 5. The van der Waals surface area contributed by atoms with Crippen LogP contribution < -0.4 is 0 Å². The minimum atomic E-state index is -3.57. The highest BCUT2D eigenvalue weighted by Gasteiger charge is 2.40. The van der Waals surface area contributed by atoms with Crippen molar-refractivity contribution in [2.24, 2.45) is 0 Å². The summed E-state index contributed by atoms with van der Waals surface area (Å²) in [6.45, 7) is 0.826. The third kappa shape index (κ3) is 5.74. The molecule has 30 heavy (non-hydrogen) atoms. The van der Waals surface area contributed by atoms with Crippen LogP contribution in [0, 0.1) is 0 Å². The van der Waals surface area contributed by atoms with Crippen molar-refractivity contribution < 1.29 is 22.1 Å². The molecule has 1 atom stereocenters. The molecule has 162 valence electrons. The maximum atomic E-state index is 13.0. The molecule has 6 nitrogen and oxygen atoms in total. The molecule has 0 saturated carbocycles. The van der Waals surface area contributed by atoms with E-state index in [1.807, 2.05) is 24.3 Å². The predicted molar refractivity (Wildman–Crippen MR) is 116 cm³/mol. The second-order valence-electron chi connectivity index (χ2n) is 7.19. The van der Waals surface area contributed by atoms with Gasteiger partial charge in [0.2, 0.25) is 0 Å². The third-order valence-electron chi connectivity index (χ3n) is 4.97. The molecular formula is C21H23Cl2NO5S. The molecule has 1 amide bonds. The first-order valence-electron chi connectivity index (χ1n) is 9.48. The average Bonchev–Trinajstić information content (AvgIpc) is 2.73. The van der Waals surface area contributed by atoms with Crippen LogP contribution in [0.25, 0.3) is 0 Å². The van der Waals surface area contributed by atoms with Crippen LogP contribution in [0.15, 0.2) is 48.5 Å².